The third-order valence-corrected chi connectivity index (χ3v) is 25.6. The van der Waals surface area contributed by atoms with Crippen LogP contribution in [-0.2, 0) is 21.7 Å². The molecule has 10 heteroatoms. The number of hydrogen-bond donors (Lipinski definition) is 0. The lowest BCUT2D eigenvalue weighted by molar-refractivity contribution is 0.332. The second-order valence-electron chi connectivity index (χ2n) is 30.9. The maximum atomic E-state index is 7.91. The summed E-state index contributed by atoms with van der Waals surface area (Å²) in [6.07, 6.45) is 4.51. The van der Waals surface area contributed by atoms with Gasteiger partial charge < -0.3 is 29.2 Å². The normalized spacial score (nSPS) is 17.4. The van der Waals surface area contributed by atoms with Gasteiger partial charge in [0.25, 0.3) is 13.4 Å². The Morgan fingerprint density at radius 1 is 0.265 bits per heavy atom. The standard InChI is InChI=1S/C88H73B2N5OS2/c1-85(2)41-42-86(3,4)60-45-56(39-40-59(60)85)93-72-51-62-61(87(5,6)43-44-88(62,7)8)50-64(72)90-65-52-66-77(53-73(65)92(55-27-13-10-14-28-55)74-46-57(47-75(93)83(74)90)94-68-31-17-21-35-79(68)97-80-36-22-18-32-69(80)94)96-78-49-58(95-70-33-19-23-37-81(70)98-82-38-24-20-34-71(82)95)48-76-84(78)89(66)63-29-15-16-30-67(63)91(76)54-25-11-9-12-26-54/h9-40,45-53H,41-44H2,1-8H3. The lowest BCUT2D eigenvalue weighted by Gasteiger charge is -2.48. The first-order valence-corrected chi connectivity index (χ1v) is 36.7. The third kappa shape index (κ3) is 8.46. The molecule has 20 rings (SSSR count). The van der Waals surface area contributed by atoms with Crippen LogP contribution < -0.4 is 62.0 Å². The van der Waals surface area contributed by atoms with E-state index < -0.39 is 0 Å². The minimum absolute atomic E-state index is 0.0201. The van der Waals surface area contributed by atoms with Gasteiger partial charge >= 0.3 is 0 Å². The Hall–Kier alpha value is -9.73. The van der Waals surface area contributed by atoms with Crippen LogP contribution in [0.15, 0.2) is 268 Å². The highest BCUT2D eigenvalue weighted by molar-refractivity contribution is 8.00. The summed E-state index contributed by atoms with van der Waals surface area (Å²) in [6.45, 7) is 19.5. The van der Waals surface area contributed by atoms with E-state index in [0.717, 1.165) is 94.1 Å². The molecule has 6 aliphatic heterocycles. The summed E-state index contributed by atoms with van der Waals surface area (Å²) in [4.78, 5) is 17.7. The number of benzene rings is 12. The summed E-state index contributed by atoms with van der Waals surface area (Å²) in [5.74, 6) is 1.72. The molecule has 12 aromatic carbocycles. The molecule has 98 heavy (non-hydrogen) atoms. The molecule has 2 aliphatic carbocycles. The first-order valence-electron chi connectivity index (χ1n) is 35.0. The van der Waals surface area contributed by atoms with Crippen molar-refractivity contribution in [3.8, 4) is 11.5 Å². The van der Waals surface area contributed by atoms with Gasteiger partial charge in [-0.2, -0.15) is 0 Å². The zero-order valence-electron chi connectivity index (χ0n) is 56.6. The van der Waals surface area contributed by atoms with E-state index in [1.807, 2.05) is 23.5 Å². The smallest absolute Gasteiger partial charge is 0.256 e. The summed E-state index contributed by atoms with van der Waals surface area (Å²) in [6, 6.07) is 95.0. The van der Waals surface area contributed by atoms with Crippen LogP contribution in [0, 0.1) is 0 Å². The minimum atomic E-state index is -0.184. The molecule has 0 bridgehead atoms. The topological polar surface area (TPSA) is 25.4 Å². The van der Waals surface area contributed by atoms with Crippen LogP contribution in [0.4, 0.5) is 85.3 Å². The fourth-order valence-corrected chi connectivity index (χ4v) is 20.3. The van der Waals surface area contributed by atoms with Gasteiger partial charge in [-0.25, -0.2) is 0 Å². The molecular weight excluding hydrogens is 1230 g/mol. The highest BCUT2D eigenvalue weighted by Gasteiger charge is 2.51. The summed E-state index contributed by atoms with van der Waals surface area (Å²) in [5.41, 5.74) is 30.5. The first kappa shape index (κ1) is 58.4. The molecule has 0 spiro atoms. The second kappa shape index (κ2) is 20.9. The van der Waals surface area contributed by atoms with Crippen LogP contribution in [0.25, 0.3) is 0 Å². The molecule has 8 aliphatic rings. The lowest BCUT2D eigenvalue weighted by atomic mass is 9.30. The number of nitrogens with zero attached hydrogens (tertiary/aromatic N) is 5. The van der Waals surface area contributed by atoms with Crippen molar-refractivity contribution in [2.75, 3.05) is 24.5 Å². The monoisotopic (exact) mass is 1300 g/mol. The Morgan fingerprint density at radius 2 is 0.653 bits per heavy atom. The van der Waals surface area contributed by atoms with Gasteiger partial charge in [0.15, 0.2) is 0 Å². The molecule has 474 valence electrons. The summed E-state index contributed by atoms with van der Waals surface area (Å²) in [7, 11) is 0. The van der Waals surface area contributed by atoms with Crippen molar-refractivity contribution in [2.24, 2.45) is 0 Å². The van der Waals surface area contributed by atoms with E-state index in [0.29, 0.717) is 0 Å². The van der Waals surface area contributed by atoms with E-state index in [1.54, 1.807) is 0 Å². The molecule has 6 nitrogen and oxygen atoms in total. The van der Waals surface area contributed by atoms with Crippen LogP contribution in [0.1, 0.15) is 103 Å². The van der Waals surface area contributed by atoms with Crippen LogP contribution in [0.5, 0.6) is 11.5 Å². The van der Waals surface area contributed by atoms with Gasteiger partial charge in [0.2, 0.25) is 0 Å². The zero-order valence-corrected chi connectivity index (χ0v) is 58.2. The van der Waals surface area contributed by atoms with Crippen molar-refractivity contribution >= 4 is 155 Å². The van der Waals surface area contributed by atoms with Gasteiger partial charge in [-0.3, -0.25) is 0 Å². The predicted molar refractivity (Wildman–Crippen MR) is 415 cm³/mol. The van der Waals surface area contributed by atoms with Crippen molar-refractivity contribution in [1.29, 1.82) is 0 Å². The third-order valence-electron chi connectivity index (χ3n) is 23.3. The molecule has 12 aromatic rings. The van der Waals surface area contributed by atoms with E-state index in [4.69, 9.17) is 4.74 Å². The largest absolute Gasteiger partial charge is 0.458 e. The highest BCUT2D eigenvalue weighted by atomic mass is 32.2. The van der Waals surface area contributed by atoms with E-state index >= 15 is 0 Å². The van der Waals surface area contributed by atoms with Crippen LogP contribution in [0.2, 0.25) is 0 Å². The number of anilines is 15. The average Bonchev–Trinajstić information content (AvgIpc) is 0.691. The number of fused-ring (bicyclic) bond motifs is 14. The van der Waals surface area contributed by atoms with Crippen LogP contribution >= 0.6 is 23.5 Å². The summed E-state index contributed by atoms with van der Waals surface area (Å²) < 4.78 is 7.91. The molecule has 0 saturated carbocycles. The Bertz CT molecular complexity index is 5320. The van der Waals surface area contributed by atoms with Gasteiger partial charge in [0.1, 0.15) is 11.5 Å². The second-order valence-corrected chi connectivity index (χ2v) is 33.1. The minimum Gasteiger partial charge on any atom is -0.458 e. The Morgan fingerprint density at radius 3 is 1.19 bits per heavy atom. The van der Waals surface area contributed by atoms with Crippen LogP contribution in [-0.4, -0.2) is 13.4 Å². The summed E-state index contributed by atoms with van der Waals surface area (Å²) in [5, 5.41) is 0. The highest BCUT2D eigenvalue weighted by Crippen LogP contribution is 2.59. The molecule has 0 unspecified atom stereocenters. The van der Waals surface area contributed by atoms with Gasteiger partial charge in [-0.15, -0.1) is 0 Å². The van der Waals surface area contributed by atoms with Gasteiger partial charge in [0.05, 0.1) is 34.1 Å². The van der Waals surface area contributed by atoms with Crippen molar-refractivity contribution in [3.05, 3.63) is 271 Å². The van der Waals surface area contributed by atoms with Gasteiger partial charge in [-0.05, 0) is 218 Å². The van der Waals surface area contributed by atoms with Gasteiger partial charge in [-0.1, -0.05) is 200 Å². The average molecular weight is 1300 g/mol. The molecule has 0 N–H and O–H groups in total. The molecule has 0 fully saturated rings. The molecule has 0 atom stereocenters. The number of rotatable bonds is 5. The first-order chi connectivity index (χ1) is 47.6. The molecular formula is C88H73B2N5OS2. The number of para-hydroxylation sites is 7. The van der Waals surface area contributed by atoms with E-state index in [-0.39, 0.29) is 35.1 Å². The van der Waals surface area contributed by atoms with E-state index in [9.17, 15) is 0 Å². The number of hydrogen-bond acceptors (Lipinski definition) is 8. The lowest BCUT2D eigenvalue weighted by Crippen LogP contribution is -2.64. The molecule has 0 aromatic heterocycles. The molecule has 0 amide bonds. The molecule has 0 radical (unpaired) electrons. The Kier molecular flexibility index (Phi) is 12.5. The molecule has 0 saturated heterocycles. The fourth-order valence-electron chi connectivity index (χ4n) is 18.1. The number of ether oxygens (including phenoxy) is 1. The van der Waals surface area contributed by atoms with Crippen molar-refractivity contribution < 1.29 is 4.74 Å². The SMILES string of the molecule is CC1(C)CCC(C)(C)c2cc(N3c4cc5c(cc4B4c6cc7c(cc6N(c6ccccc6)c6cc(N8c9ccccc9Sc9ccccc98)cc3c64)Oc3cc(N4c6ccccc6Sc6ccccc64)cc4c3B7c3ccccc3N4c3ccccc3)C(C)(C)CCC5(C)C)ccc21. The quantitative estimate of drug-likeness (QED) is 0.157. The van der Waals surface area contributed by atoms with E-state index in [2.05, 4.69) is 329 Å². The Balaban J connectivity index is 0.895. The Labute approximate surface area is 585 Å². The molecule has 6 heterocycles. The predicted octanol–water partition coefficient (Wildman–Crippen LogP) is 20.7. The van der Waals surface area contributed by atoms with Crippen molar-refractivity contribution in [2.45, 2.75) is 122 Å². The maximum Gasteiger partial charge on any atom is 0.256 e. The summed E-state index contributed by atoms with van der Waals surface area (Å²) >= 11 is 3.70. The fraction of sp³-hybridized carbons (Fsp3) is 0.182. The van der Waals surface area contributed by atoms with Crippen molar-refractivity contribution in [1.82, 2.24) is 0 Å². The van der Waals surface area contributed by atoms with Crippen molar-refractivity contribution in [3.63, 3.8) is 0 Å². The zero-order chi connectivity index (χ0) is 65.9. The van der Waals surface area contributed by atoms with Gasteiger partial charge in [0, 0.05) is 82.9 Å². The van der Waals surface area contributed by atoms with E-state index in [1.165, 1.54) is 103 Å². The van der Waals surface area contributed by atoms with Crippen LogP contribution in [0.3, 0.4) is 0 Å². The maximum absolute atomic E-state index is 7.91.